The number of hydrogen-bond acceptors (Lipinski definition) is 5. The van der Waals surface area contributed by atoms with E-state index in [4.69, 9.17) is 4.74 Å². The first-order valence-electron chi connectivity index (χ1n) is 9.51. The van der Waals surface area contributed by atoms with Gasteiger partial charge in [-0.15, -0.1) is 0 Å². The van der Waals surface area contributed by atoms with Crippen LogP contribution < -0.4 is 14.8 Å². The van der Waals surface area contributed by atoms with Gasteiger partial charge in [-0.2, -0.15) is 4.72 Å². The van der Waals surface area contributed by atoms with E-state index in [0.717, 1.165) is 10.9 Å². The highest BCUT2D eigenvalue weighted by molar-refractivity contribution is 7.89. The molecule has 0 aliphatic heterocycles. The first-order valence-corrected chi connectivity index (χ1v) is 11.0. The van der Waals surface area contributed by atoms with Crippen molar-refractivity contribution >= 4 is 26.8 Å². The zero-order valence-electron chi connectivity index (χ0n) is 17.3. The van der Waals surface area contributed by atoms with Crippen LogP contribution in [-0.2, 0) is 14.8 Å². The van der Waals surface area contributed by atoms with Crippen molar-refractivity contribution in [2.45, 2.75) is 44.2 Å². The molecular formula is C22H25N3O4S. The van der Waals surface area contributed by atoms with Crippen molar-refractivity contribution < 1.29 is 17.9 Å². The van der Waals surface area contributed by atoms with Crippen LogP contribution in [0, 0.1) is 0 Å². The Bertz CT molecular complexity index is 1150. The second kappa shape index (κ2) is 8.41. The van der Waals surface area contributed by atoms with Crippen molar-refractivity contribution in [3.63, 3.8) is 0 Å². The van der Waals surface area contributed by atoms with E-state index < -0.39 is 27.5 Å². The van der Waals surface area contributed by atoms with Gasteiger partial charge in [0.05, 0.1) is 10.9 Å². The molecule has 8 heteroatoms. The first kappa shape index (κ1) is 21.7. The number of hydrogen-bond donors (Lipinski definition) is 2. The number of sulfonamides is 1. The summed E-state index contributed by atoms with van der Waals surface area (Å²) >= 11 is 0. The zero-order chi connectivity index (χ0) is 21.9. The van der Waals surface area contributed by atoms with Crippen molar-refractivity contribution in [2.75, 3.05) is 0 Å². The lowest BCUT2D eigenvalue weighted by atomic mass is 10.1. The normalized spacial score (nSPS) is 13.1. The van der Waals surface area contributed by atoms with Crippen LogP contribution in [0.25, 0.3) is 10.9 Å². The van der Waals surface area contributed by atoms with Crippen LogP contribution in [0.2, 0.25) is 0 Å². The maximum atomic E-state index is 12.6. The number of para-hydroxylation sites is 1. The van der Waals surface area contributed by atoms with Gasteiger partial charge in [0.1, 0.15) is 11.3 Å². The summed E-state index contributed by atoms with van der Waals surface area (Å²) in [4.78, 5) is 16.6. The van der Waals surface area contributed by atoms with Crippen LogP contribution in [0.5, 0.6) is 11.5 Å². The van der Waals surface area contributed by atoms with Crippen LogP contribution in [-0.4, -0.2) is 30.9 Å². The Kier molecular flexibility index (Phi) is 6.09. The molecule has 0 bridgehead atoms. The molecule has 0 saturated carbocycles. The van der Waals surface area contributed by atoms with Crippen LogP contribution in [0.4, 0.5) is 0 Å². The molecule has 7 nitrogen and oxygen atoms in total. The molecule has 0 aliphatic rings. The highest BCUT2D eigenvalue weighted by Crippen LogP contribution is 2.28. The Balaban J connectivity index is 1.73. The van der Waals surface area contributed by atoms with Gasteiger partial charge in [-0.3, -0.25) is 9.78 Å². The minimum atomic E-state index is -3.86. The summed E-state index contributed by atoms with van der Waals surface area (Å²) in [5.74, 6) is 0.661. The summed E-state index contributed by atoms with van der Waals surface area (Å²) < 4.78 is 33.5. The molecular weight excluding hydrogens is 402 g/mol. The van der Waals surface area contributed by atoms with Gasteiger partial charge in [0.15, 0.2) is 5.75 Å². The van der Waals surface area contributed by atoms with Gasteiger partial charge in [-0.25, -0.2) is 8.42 Å². The van der Waals surface area contributed by atoms with Crippen molar-refractivity contribution in [3.05, 3.63) is 60.8 Å². The SMILES string of the molecule is C[C@@H](NS(=O)(=O)c1ccc(Oc2cccc3cccnc23)cc1)C(=O)NC(C)(C)C. The molecule has 1 amide bonds. The monoisotopic (exact) mass is 427 g/mol. The smallest absolute Gasteiger partial charge is 0.241 e. The van der Waals surface area contributed by atoms with Crippen molar-refractivity contribution in [3.8, 4) is 11.5 Å². The quantitative estimate of drug-likeness (QED) is 0.626. The van der Waals surface area contributed by atoms with Gasteiger partial charge in [-0.05, 0) is 64.1 Å². The Morgan fingerprint density at radius 2 is 1.70 bits per heavy atom. The first-order chi connectivity index (χ1) is 14.0. The standard InChI is InChI=1S/C22H25N3O4S/c1-15(21(26)24-22(2,3)4)25-30(27,28)18-12-10-17(11-13-18)29-19-9-5-7-16-8-6-14-23-20(16)19/h5-15,25H,1-4H3,(H,24,26)/t15-/m1/s1. The number of amides is 1. The van der Waals surface area contributed by atoms with Gasteiger partial charge < -0.3 is 10.1 Å². The maximum Gasteiger partial charge on any atom is 0.241 e. The number of carbonyl (C=O) groups excluding carboxylic acids is 1. The number of nitrogens with zero attached hydrogens (tertiary/aromatic N) is 1. The molecule has 1 heterocycles. The average Bonchev–Trinajstić information content (AvgIpc) is 2.67. The van der Waals surface area contributed by atoms with Gasteiger partial charge in [-0.1, -0.05) is 18.2 Å². The van der Waals surface area contributed by atoms with Gasteiger partial charge >= 0.3 is 0 Å². The zero-order valence-corrected chi connectivity index (χ0v) is 18.2. The molecule has 1 aromatic heterocycles. The van der Waals surface area contributed by atoms with Crippen molar-refractivity contribution in [1.82, 2.24) is 15.0 Å². The third-order valence-corrected chi connectivity index (χ3v) is 5.74. The third-order valence-electron chi connectivity index (χ3n) is 4.18. The highest BCUT2D eigenvalue weighted by atomic mass is 32.2. The molecule has 30 heavy (non-hydrogen) atoms. The fourth-order valence-electron chi connectivity index (χ4n) is 2.80. The molecule has 2 N–H and O–H groups in total. The second-order valence-electron chi connectivity index (χ2n) is 7.99. The Labute approximate surface area is 176 Å². The highest BCUT2D eigenvalue weighted by Gasteiger charge is 2.24. The Morgan fingerprint density at radius 3 is 2.37 bits per heavy atom. The molecule has 1 atom stereocenters. The summed E-state index contributed by atoms with van der Waals surface area (Å²) in [6.07, 6.45) is 1.69. The summed E-state index contributed by atoms with van der Waals surface area (Å²) in [5, 5.41) is 3.70. The largest absolute Gasteiger partial charge is 0.455 e. The predicted octanol–water partition coefficient (Wildman–Crippen LogP) is 3.61. The average molecular weight is 428 g/mol. The van der Waals surface area contributed by atoms with E-state index in [1.807, 2.05) is 45.0 Å². The van der Waals surface area contributed by atoms with Gasteiger partial charge in [0.2, 0.25) is 15.9 Å². The molecule has 0 saturated heterocycles. The van der Waals surface area contributed by atoms with E-state index in [2.05, 4.69) is 15.0 Å². The van der Waals surface area contributed by atoms with Gasteiger partial charge in [0.25, 0.3) is 0 Å². The minimum Gasteiger partial charge on any atom is -0.455 e. The maximum absolute atomic E-state index is 12.6. The Hall–Kier alpha value is -2.97. The van der Waals surface area contributed by atoms with Crippen LogP contribution in [0.3, 0.4) is 0 Å². The van der Waals surface area contributed by atoms with E-state index in [9.17, 15) is 13.2 Å². The molecule has 158 valence electrons. The molecule has 3 aromatic rings. The molecule has 0 aliphatic carbocycles. The molecule has 0 radical (unpaired) electrons. The van der Waals surface area contributed by atoms with Crippen LogP contribution in [0.15, 0.2) is 65.7 Å². The number of nitrogens with one attached hydrogen (secondary N) is 2. The van der Waals surface area contributed by atoms with Crippen molar-refractivity contribution in [2.24, 2.45) is 0 Å². The predicted molar refractivity (Wildman–Crippen MR) is 116 cm³/mol. The number of aromatic nitrogens is 1. The van der Waals surface area contributed by atoms with E-state index in [0.29, 0.717) is 11.5 Å². The van der Waals surface area contributed by atoms with Gasteiger partial charge in [0, 0.05) is 17.1 Å². The van der Waals surface area contributed by atoms with Crippen LogP contribution in [0.1, 0.15) is 27.7 Å². The van der Waals surface area contributed by atoms with Crippen LogP contribution >= 0.6 is 0 Å². The number of benzene rings is 2. The number of carbonyl (C=O) groups is 1. The van der Waals surface area contributed by atoms with E-state index in [1.54, 1.807) is 24.4 Å². The fraction of sp³-hybridized carbons (Fsp3) is 0.273. The lowest BCUT2D eigenvalue weighted by molar-refractivity contribution is -0.123. The lowest BCUT2D eigenvalue weighted by Crippen LogP contribution is -2.50. The summed E-state index contributed by atoms with van der Waals surface area (Å²) in [6, 6.07) is 14.5. The summed E-state index contributed by atoms with van der Waals surface area (Å²) in [5.41, 5.74) is 0.267. The number of rotatable bonds is 6. The van der Waals surface area contributed by atoms with E-state index >= 15 is 0 Å². The number of pyridine rings is 1. The summed E-state index contributed by atoms with van der Waals surface area (Å²) in [6.45, 7) is 6.99. The molecule has 0 spiro atoms. The number of fused-ring (bicyclic) bond motifs is 1. The molecule has 0 fully saturated rings. The second-order valence-corrected chi connectivity index (χ2v) is 9.70. The van der Waals surface area contributed by atoms with E-state index in [-0.39, 0.29) is 4.90 Å². The minimum absolute atomic E-state index is 0.0429. The topological polar surface area (TPSA) is 97.4 Å². The molecule has 3 rings (SSSR count). The molecule has 0 unspecified atom stereocenters. The van der Waals surface area contributed by atoms with Crippen molar-refractivity contribution in [1.29, 1.82) is 0 Å². The van der Waals surface area contributed by atoms with E-state index in [1.165, 1.54) is 19.1 Å². The third kappa shape index (κ3) is 5.34. The summed E-state index contributed by atoms with van der Waals surface area (Å²) in [7, 11) is -3.86. The Morgan fingerprint density at radius 1 is 1.03 bits per heavy atom. The fourth-order valence-corrected chi connectivity index (χ4v) is 4.01. The number of ether oxygens (including phenoxy) is 1. The molecule has 2 aromatic carbocycles. The lowest BCUT2D eigenvalue weighted by Gasteiger charge is -2.23.